The number of carbonyl (C=O) groups excluding carboxylic acids is 2. The molecule has 0 saturated carbocycles. The van der Waals surface area contributed by atoms with Crippen LogP contribution >= 0.6 is 24.0 Å². The molecule has 1 aromatic rings. The van der Waals surface area contributed by atoms with Gasteiger partial charge in [0.15, 0.2) is 0 Å². The molecule has 1 saturated heterocycles. The van der Waals surface area contributed by atoms with Gasteiger partial charge in [0.05, 0.1) is 5.25 Å². The molecule has 4 nitrogen and oxygen atoms in total. The minimum absolute atomic E-state index is 0.0412. The molecule has 1 fully saturated rings. The lowest BCUT2D eigenvalue weighted by molar-refractivity contribution is -0.126. The van der Waals surface area contributed by atoms with E-state index in [1.54, 1.807) is 16.8 Å². The highest BCUT2D eigenvalue weighted by Crippen LogP contribution is 2.27. The number of para-hydroxylation sites is 1. The second-order valence-electron chi connectivity index (χ2n) is 4.91. The van der Waals surface area contributed by atoms with Crippen molar-refractivity contribution in [3.63, 3.8) is 0 Å². The van der Waals surface area contributed by atoms with E-state index in [-0.39, 0.29) is 17.1 Å². The molecule has 0 bridgehead atoms. The van der Waals surface area contributed by atoms with Gasteiger partial charge in [0.1, 0.15) is 4.32 Å². The van der Waals surface area contributed by atoms with Crippen molar-refractivity contribution in [1.82, 2.24) is 4.90 Å². The van der Waals surface area contributed by atoms with E-state index in [4.69, 9.17) is 12.2 Å². The van der Waals surface area contributed by atoms with Gasteiger partial charge in [0.2, 0.25) is 11.8 Å². The molecular formula is C15H18N2O2S2. The SMILES string of the molecule is CC1SC(=S)N(CCCC(=O)N(C)c2ccccc2)C1=O. The summed E-state index contributed by atoms with van der Waals surface area (Å²) in [5, 5.41) is -0.0970. The molecule has 1 atom stereocenters. The third kappa shape index (κ3) is 3.83. The first-order valence-electron chi connectivity index (χ1n) is 6.84. The molecule has 1 heterocycles. The number of benzene rings is 1. The molecule has 2 amide bonds. The number of rotatable bonds is 5. The van der Waals surface area contributed by atoms with Gasteiger partial charge in [-0.2, -0.15) is 0 Å². The van der Waals surface area contributed by atoms with Crippen LogP contribution in [-0.2, 0) is 9.59 Å². The van der Waals surface area contributed by atoms with Crippen LogP contribution in [0.15, 0.2) is 30.3 Å². The summed E-state index contributed by atoms with van der Waals surface area (Å²) in [6.45, 7) is 2.37. The molecule has 112 valence electrons. The highest BCUT2D eigenvalue weighted by Gasteiger charge is 2.33. The summed E-state index contributed by atoms with van der Waals surface area (Å²) in [7, 11) is 1.77. The predicted molar refractivity (Wildman–Crippen MR) is 90.5 cm³/mol. The van der Waals surface area contributed by atoms with Crippen LogP contribution in [0.25, 0.3) is 0 Å². The topological polar surface area (TPSA) is 40.6 Å². The highest BCUT2D eigenvalue weighted by atomic mass is 32.2. The smallest absolute Gasteiger partial charge is 0.241 e. The number of thioether (sulfide) groups is 1. The molecule has 0 spiro atoms. The molecule has 1 aliphatic heterocycles. The normalized spacial score (nSPS) is 18.2. The van der Waals surface area contributed by atoms with Gasteiger partial charge in [-0.05, 0) is 25.5 Å². The van der Waals surface area contributed by atoms with Crippen molar-refractivity contribution in [2.24, 2.45) is 0 Å². The first kappa shape index (κ1) is 16.0. The Hall–Kier alpha value is -1.40. The standard InChI is InChI=1S/C15H18N2O2S2/c1-11-14(19)17(15(20)21-11)10-6-9-13(18)16(2)12-7-4-3-5-8-12/h3-5,7-8,11H,6,9-10H2,1-2H3. The van der Waals surface area contributed by atoms with Gasteiger partial charge < -0.3 is 4.90 Å². The van der Waals surface area contributed by atoms with Crippen molar-refractivity contribution in [1.29, 1.82) is 0 Å². The number of hydrogen-bond acceptors (Lipinski definition) is 4. The van der Waals surface area contributed by atoms with Gasteiger partial charge in [-0.3, -0.25) is 14.5 Å². The fraction of sp³-hybridized carbons (Fsp3) is 0.400. The molecule has 1 unspecified atom stereocenters. The zero-order valence-corrected chi connectivity index (χ0v) is 13.7. The van der Waals surface area contributed by atoms with Gasteiger partial charge >= 0.3 is 0 Å². The zero-order valence-electron chi connectivity index (χ0n) is 12.1. The van der Waals surface area contributed by atoms with E-state index < -0.39 is 0 Å². The average molecular weight is 322 g/mol. The monoisotopic (exact) mass is 322 g/mol. The lowest BCUT2D eigenvalue weighted by atomic mass is 10.2. The first-order valence-corrected chi connectivity index (χ1v) is 8.13. The molecule has 1 aliphatic rings. The van der Waals surface area contributed by atoms with Crippen molar-refractivity contribution in [3.8, 4) is 0 Å². The summed E-state index contributed by atoms with van der Waals surface area (Å²) in [6.07, 6.45) is 1.02. The minimum atomic E-state index is -0.0970. The summed E-state index contributed by atoms with van der Waals surface area (Å²) in [4.78, 5) is 27.3. The van der Waals surface area contributed by atoms with E-state index in [1.807, 2.05) is 37.3 Å². The van der Waals surface area contributed by atoms with Crippen molar-refractivity contribution in [2.75, 3.05) is 18.5 Å². The number of hydrogen-bond donors (Lipinski definition) is 0. The second kappa shape index (κ2) is 7.04. The van der Waals surface area contributed by atoms with E-state index in [0.29, 0.717) is 23.7 Å². The van der Waals surface area contributed by atoms with Crippen LogP contribution in [0, 0.1) is 0 Å². The number of anilines is 1. The first-order chi connectivity index (χ1) is 10.0. The Bertz CT molecular complexity index is 548. The van der Waals surface area contributed by atoms with Crippen LogP contribution in [0.2, 0.25) is 0 Å². The van der Waals surface area contributed by atoms with Gasteiger partial charge in [-0.25, -0.2) is 0 Å². The number of thiocarbonyl (C=S) groups is 1. The maximum absolute atomic E-state index is 12.1. The van der Waals surface area contributed by atoms with E-state index in [0.717, 1.165) is 5.69 Å². The van der Waals surface area contributed by atoms with Crippen molar-refractivity contribution >= 4 is 45.8 Å². The minimum Gasteiger partial charge on any atom is -0.316 e. The summed E-state index contributed by atoms with van der Waals surface area (Å²) >= 11 is 6.59. The fourth-order valence-electron chi connectivity index (χ4n) is 2.13. The number of nitrogens with zero attached hydrogens (tertiary/aromatic N) is 2. The highest BCUT2D eigenvalue weighted by molar-refractivity contribution is 8.24. The van der Waals surface area contributed by atoms with Crippen LogP contribution in [0.4, 0.5) is 5.69 Å². The number of amides is 2. The van der Waals surface area contributed by atoms with Crippen molar-refractivity contribution < 1.29 is 9.59 Å². The van der Waals surface area contributed by atoms with Crippen LogP contribution in [0.5, 0.6) is 0 Å². The zero-order chi connectivity index (χ0) is 15.4. The van der Waals surface area contributed by atoms with Gasteiger partial charge in [0, 0.05) is 25.7 Å². The molecular weight excluding hydrogens is 304 g/mol. The largest absolute Gasteiger partial charge is 0.316 e. The molecule has 0 aromatic heterocycles. The van der Waals surface area contributed by atoms with Crippen LogP contribution in [0.3, 0.4) is 0 Å². The van der Waals surface area contributed by atoms with Crippen LogP contribution in [-0.4, -0.2) is 39.9 Å². The Morgan fingerprint density at radius 2 is 2.05 bits per heavy atom. The molecule has 0 radical (unpaired) electrons. The Kier molecular flexibility index (Phi) is 5.36. The Labute approximate surface area is 134 Å². The summed E-state index contributed by atoms with van der Waals surface area (Å²) in [5.41, 5.74) is 0.874. The van der Waals surface area contributed by atoms with Gasteiger partial charge in [0.25, 0.3) is 0 Å². The molecule has 2 rings (SSSR count). The molecule has 0 aliphatic carbocycles. The van der Waals surface area contributed by atoms with Crippen molar-refractivity contribution in [3.05, 3.63) is 30.3 Å². The lowest BCUT2D eigenvalue weighted by Gasteiger charge is -2.19. The molecule has 21 heavy (non-hydrogen) atoms. The summed E-state index contributed by atoms with van der Waals surface area (Å²) in [6, 6.07) is 9.52. The Morgan fingerprint density at radius 3 is 2.62 bits per heavy atom. The summed E-state index contributed by atoms with van der Waals surface area (Å²) < 4.78 is 0.622. The van der Waals surface area contributed by atoms with E-state index in [2.05, 4.69) is 0 Å². The second-order valence-corrected chi connectivity index (χ2v) is 6.88. The maximum Gasteiger partial charge on any atom is 0.241 e. The van der Waals surface area contributed by atoms with Gasteiger partial charge in [-0.15, -0.1) is 0 Å². The number of carbonyl (C=O) groups is 2. The maximum atomic E-state index is 12.1. The lowest BCUT2D eigenvalue weighted by Crippen LogP contribution is -2.33. The third-order valence-electron chi connectivity index (χ3n) is 3.40. The predicted octanol–water partition coefficient (Wildman–Crippen LogP) is 2.68. The molecule has 0 N–H and O–H groups in total. The quantitative estimate of drug-likeness (QED) is 0.782. The Morgan fingerprint density at radius 1 is 1.38 bits per heavy atom. The van der Waals surface area contributed by atoms with Crippen LogP contribution in [0.1, 0.15) is 19.8 Å². The molecule has 6 heteroatoms. The van der Waals surface area contributed by atoms with E-state index in [1.165, 1.54) is 11.8 Å². The van der Waals surface area contributed by atoms with Gasteiger partial charge in [-0.1, -0.05) is 42.2 Å². The fourth-order valence-corrected chi connectivity index (χ4v) is 3.58. The van der Waals surface area contributed by atoms with E-state index in [9.17, 15) is 9.59 Å². The van der Waals surface area contributed by atoms with Crippen molar-refractivity contribution in [2.45, 2.75) is 25.0 Å². The summed E-state index contributed by atoms with van der Waals surface area (Å²) in [5.74, 6) is 0.0910. The Balaban J connectivity index is 1.82. The molecule has 1 aromatic carbocycles. The average Bonchev–Trinajstić information content (AvgIpc) is 2.73. The third-order valence-corrected chi connectivity index (χ3v) is 4.89. The van der Waals surface area contributed by atoms with E-state index >= 15 is 0 Å². The van der Waals surface area contributed by atoms with Crippen LogP contribution < -0.4 is 4.90 Å².